The summed E-state index contributed by atoms with van der Waals surface area (Å²) in [4.78, 5) is 23.0. The monoisotopic (exact) mass is 303 g/mol. The average Bonchev–Trinajstić information content (AvgIpc) is 2.45. The summed E-state index contributed by atoms with van der Waals surface area (Å²) in [7, 11) is 2.89. The number of carbonyl (C=O) groups excluding carboxylic acids is 1. The van der Waals surface area contributed by atoms with E-state index in [1.54, 1.807) is 7.11 Å². The van der Waals surface area contributed by atoms with E-state index < -0.39 is 11.5 Å². The molecule has 0 saturated heterocycles. The fraction of sp³-hybridized carbons (Fsp3) is 0.583. The van der Waals surface area contributed by atoms with Gasteiger partial charge in [0, 0.05) is 20.3 Å². The Bertz CT molecular complexity index is 504. The number of methoxy groups -OCH3 is 2. The number of ether oxygens (including phenoxy) is 2. The molecule has 112 valence electrons. The van der Waals surface area contributed by atoms with Gasteiger partial charge in [0.05, 0.1) is 19.0 Å². The van der Waals surface area contributed by atoms with E-state index in [-0.39, 0.29) is 11.6 Å². The largest absolute Gasteiger partial charge is 0.468 e. The van der Waals surface area contributed by atoms with E-state index in [1.807, 2.05) is 0 Å². The van der Waals surface area contributed by atoms with Gasteiger partial charge in [-0.25, -0.2) is 4.68 Å². The molecule has 0 bridgehead atoms. The Morgan fingerprint density at radius 1 is 1.45 bits per heavy atom. The van der Waals surface area contributed by atoms with Crippen LogP contribution >= 0.6 is 11.6 Å². The van der Waals surface area contributed by atoms with Gasteiger partial charge in [-0.15, -0.1) is 0 Å². The molecule has 0 aliphatic rings. The number of rotatable bonds is 8. The molecule has 0 unspecified atom stereocenters. The van der Waals surface area contributed by atoms with Crippen molar-refractivity contribution >= 4 is 23.3 Å². The van der Waals surface area contributed by atoms with Crippen LogP contribution in [0.5, 0.6) is 0 Å². The quantitative estimate of drug-likeness (QED) is 0.568. The minimum Gasteiger partial charge on any atom is -0.468 e. The van der Waals surface area contributed by atoms with E-state index >= 15 is 0 Å². The fourth-order valence-corrected chi connectivity index (χ4v) is 1.70. The second kappa shape index (κ2) is 8.55. The number of hydrogen-bond donors (Lipinski definition) is 1. The topological polar surface area (TPSA) is 82.4 Å². The standard InChI is InChI=1S/C12H18ClN3O4/c1-19-6-4-3-5-14-9-7-15-16(8-10(17)20-2)12(18)11(9)13/h7,14H,3-6,8H2,1-2H3. The number of carbonyl (C=O) groups is 1. The van der Waals surface area contributed by atoms with Gasteiger partial charge in [-0.2, -0.15) is 5.10 Å². The Hall–Kier alpha value is -1.60. The van der Waals surface area contributed by atoms with Crippen molar-refractivity contribution in [3.63, 3.8) is 0 Å². The van der Waals surface area contributed by atoms with Gasteiger partial charge in [0.2, 0.25) is 0 Å². The molecule has 0 aromatic carbocycles. The first kappa shape index (κ1) is 16.5. The number of aromatic nitrogens is 2. The van der Waals surface area contributed by atoms with Gasteiger partial charge in [0.15, 0.2) is 0 Å². The SMILES string of the molecule is COCCCCNc1cnn(CC(=O)OC)c(=O)c1Cl. The van der Waals surface area contributed by atoms with Crippen LogP contribution in [-0.2, 0) is 20.8 Å². The molecular weight excluding hydrogens is 286 g/mol. The first-order valence-corrected chi connectivity index (χ1v) is 6.53. The van der Waals surface area contributed by atoms with Gasteiger partial charge in [-0.1, -0.05) is 11.6 Å². The molecule has 0 radical (unpaired) electrons. The van der Waals surface area contributed by atoms with Crippen molar-refractivity contribution in [2.75, 3.05) is 32.7 Å². The molecule has 7 nitrogen and oxygen atoms in total. The minimum atomic E-state index is -0.559. The molecule has 8 heteroatoms. The number of nitrogens with one attached hydrogen (secondary N) is 1. The second-order valence-corrected chi connectivity index (χ2v) is 4.42. The summed E-state index contributed by atoms with van der Waals surface area (Å²) in [5.41, 5.74) is -0.0749. The Kier molecular flexibility index (Phi) is 7.03. The van der Waals surface area contributed by atoms with Gasteiger partial charge in [0.25, 0.3) is 5.56 Å². The Labute approximate surface area is 121 Å². The lowest BCUT2D eigenvalue weighted by molar-refractivity contribution is -0.141. The highest BCUT2D eigenvalue weighted by molar-refractivity contribution is 6.32. The maximum atomic E-state index is 11.9. The van der Waals surface area contributed by atoms with Crippen LogP contribution in [0.1, 0.15) is 12.8 Å². The van der Waals surface area contributed by atoms with Crippen molar-refractivity contribution in [3.05, 3.63) is 21.6 Å². The Morgan fingerprint density at radius 3 is 2.85 bits per heavy atom. The van der Waals surface area contributed by atoms with Crippen LogP contribution in [0.3, 0.4) is 0 Å². The number of esters is 1. The number of halogens is 1. The van der Waals surface area contributed by atoms with E-state index in [0.717, 1.165) is 17.5 Å². The van der Waals surface area contributed by atoms with E-state index in [2.05, 4.69) is 15.2 Å². The molecule has 20 heavy (non-hydrogen) atoms. The highest BCUT2D eigenvalue weighted by Gasteiger charge is 2.11. The molecule has 0 amide bonds. The summed E-state index contributed by atoms with van der Waals surface area (Å²) >= 11 is 5.95. The molecule has 0 fully saturated rings. The molecule has 0 aliphatic heterocycles. The zero-order valence-corrected chi connectivity index (χ0v) is 12.3. The Balaban J connectivity index is 2.64. The van der Waals surface area contributed by atoms with Crippen LogP contribution in [0.2, 0.25) is 5.02 Å². The third-order valence-corrected chi connectivity index (χ3v) is 2.95. The summed E-state index contributed by atoms with van der Waals surface area (Å²) in [5, 5.41) is 6.91. The number of hydrogen-bond acceptors (Lipinski definition) is 6. The van der Waals surface area contributed by atoms with Gasteiger partial charge in [0.1, 0.15) is 11.6 Å². The predicted molar refractivity (Wildman–Crippen MR) is 75.1 cm³/mol. The first-order chi connectivity index (χ1) is 9.60. The number of unbranched alkanes of at least 4 members (excludes halogenated alkanes) is 1. The zero-order chi connectivity index (χ0) is 15.0. The normalized spacial score (nSPS) is 10.3. The van der Waals surface area contributed by atoms with Crippen molar-refractivity contribution in [3.8, 4) is 0 Å². The average molecular weight is 304 g/mol. The van der Waals surface area contributed by atoms with Crippen LogP contribution < -0.4 is 10.9 Å². The molecule has 1 N–H and O–H groups in total. The molecule has 0 atom stereocenters. The third-order valence-electron chi connectivity index (χ3n) is 2.58. The van der Waals surface area contributed by atoms with Crippen LogP contribution in [0.25, 0.3) is 0 Å². The molecule has 1 aromatic rings. The van der Waals surface area contributed by atoms with Crippen molar-refractivity contribution < 1.29 is 14.3 Å². The van der Waals surface area contributed by atoms with E-state index in [4.69, 9.17) is 16.3 Å². The summed E-state index contributed by atoms with van der Waals surface area (Å²) in [6.07, 6.45) is 3.21. The minimum absolute atomic E-state index is 0.00986. The van der Waals surface area contributed by atoms with Crippen molar-refractivity contribution in [1.29, 1.82) is 0 Å². The predicted octanol–water partition coefficient (Wildman–Crippen LogP) is 0.908. The van der Waals surface area contributed by atoms with Gasteiger partial charge < -0.3 is 14.8 Å². The number of anilines is 1. The summed E-state index contributed by atoms with van der Waals surface area (Å²) in [5.74, 6) is -0.559. The van der Waals surface area contributed by atoms with Crippen molar-refractivity contribution in [2.24, 2.45) is 0 Å². The summed E-state index contributed by atoms with van der Waals surface area (Å²) in [6, 6.07) is 0. The van der Waals surface area contributed by atoms with E-state index in [1.165, 1.54) is 13.3 Å². The smallest absolute Gasteiger partial charge is 0.327 e. The molecule has 0 spiro atoms. The lowest BCUT2D eigenvalue weighted by Gasteiger charge is -2.09. The molecule has 1 heterocycles. The van der Waals surface area contributed by atoms with Crippen LogP contribution in [0.15, 0.2) is 11.0 Å². The zero-order valence-electron chi connectivity index (χ0n) is 11.5. The second-order valence-electron chi connectivity index (χ2n) is 4.04. The first-order valence-electron chi connectivity index (χ1n) is 6.15. The summed E-state index contributed by atoms with van der Waals surface area (Å²) < 4.78 is 10.4. The maximum absolute atomic E-state index is 11.9. The molecule has 0 saturated carbocycles. The van der Waals surface area contributed by atoms with Crippen LogP contribution in [-0.4, -0.2) is 43.1 Å². The van der Waals surface area contributed by atoms with Crippen LogP contribution in [0, 0.1) is 0 Å². The molecule has 1 rings (SSSR count). The van der Waals surface area contributed by atoms with Gasteiger partial charge in [-0.3, -0.25) is 9.59 Å². The molecule has 1 aromatic heterocycles. The lowest BCUT2D eigenvalue weighted by Crippen LogP contribution is -2.28. The maximum Gasteiger partial charge on any atom is 0.327 e. The Morgan fingerprint density at radius 2 is 2.20 bits per heavy atom. The molecule has 0 aliphatic carbocycles. The van der Waals surface area contributed by atoms with Crippen molar-refractivity contribution in [1.82, 2.24) is 9.78 Å². The lowest BCUT2D eigenvalue weighted by atomic mass is 10.3. The van der Waals surface area contributed by atoms with E-state index in [9.17, 15) is 9.59 Å². The van der Waals surface area contributed by atoms with Gasteiger partial charge >= 0.3 is 5.97 Å². The van der Waals surface area contributed by atoms with Crippen LogP contribution in [0.4, 0.5) is 5.69 Å². The number of nitrogens with zero attached hydrogens (tertiary/aromatic N) is 2. The fourth-order valence-electron chi connectivity index (χ4n) is 1.48. The summed E-state index contributed by atoms with van der Waals surface area (Å²) in [6.45, 7) is 1.09. The highest BCUT2D eigenvalue weighted by atomic mass is 35.5. The third kappa shape index (κ3) is 4.82. The highest BCUT2D eigenvalue weighted by Crippen LogP contribution is 2.15. The van der Waals surface area contributed by atoms with Gasteiger partial charge in [-0.05, 0) is 12.8 Å². The van der Waals surface area contributed by atoms with Crippen molar-refractivity contribution in [2.45, 2.75) is 19.4 Å². The van der Waals surface area contributed by atoms with E-state index in [0.29, 0.717) is 18.8 Å². The molecular formula is C12H18ClN3O4.